The summed E-state index contributed by atoms with van der Waals surface area (Å²) in [6.45, 7) is 14.4. The van der Waals surface area contributed by atoms with Crippen LogP contribution in [0.5, 0.6) is 0 Å². The molecular formula is C24H34N4O4. The first-order valence-electron chi connectivity index (χ1n) is 11.0. The predicted octanol–water partition coefficient (Wildman–Crippen LogP) is 3.48. The largest absolute Gasteiger partial charge is 0.444 e. The first-order valence-corrected chi connectivity index (χ1v) is 11.0. The average Bonchev–Trinajstić information content (AvgIpc) is 2.93. The van der Waals surface area contributed by atoms with Gasteiger partial charge in [-0.25, -0.2) is 14.8 Å². The van der Waals surface area contributed by atoms with Gasteiger partial charge in [-0.1, -0.05) is 18.2 Å². The van der Waals surface area contributed by atoms with Gasteiger partial charge in [-0.15, -0.1) is 0 Å². The van der Waals surface area contributed by atoms with Crippen LogP contribution < -0.4 is 5.32 Å². The third-order valence-electron chi connectivity index (χ3n) is 5.36. The molecule has 1 aromatic carbocycles. The molecular weight excluding hydrogens is 408 g/mol. The second-order valence-electron chi connectivity index (χ2n) is 9.90. The summed E-state index contributed by atoms with van der Waals surface area (Å²) in [5, 5.41) is 4.04. The maximum atomic E-state index is 13.3. The van der Waals surface area contributed by atoms with Crippen molar-refractivity contribution in [1.29, 1.82) is 0 Å². The SMILES string of the molecule is Cc1nc(C(C)(C)NC(=O)C2COCCN(C(=O)OC(C)(C)C)C2)c2cccc(C)c2n1. The number of hydrogen-bond donors (Lipinski definition) is 1. The number of nitrogens with zero attached hydrogens (tertiary/aromatic N) is 3. The molecule has 1 aliphatic rings. The van der Waals surface area contributed by atoms with Crippen LogP contribution in [0, 0.1) is 19.8 Å². The zero-order valence-corrected chi connectivity index (χ0v) is 20.1. The topological polar surface area (TPSA) is 93.7 Å². The maximum Gasteiger partial charge on any atom is 0.410 e. The lowest BCUT2D eigenvalue weighted by Gasteiger charge is -2.31. The number of ether oxygens (including phenoxy) is 2. The summed E-state index contributed by atoms with van der Waals surface area (Å²) < 4.78 is 11.1. The van der Waals surface area contributed by atoms with Crippen molar-refractivity contribution >= 4 is 22.9 Å². The number of hydrogen-bond acceptors (Lipinski definition) is 6. The molecule has 2 aromatic rings. The average molecular weight is 443 g/mol. The van der Waals surface area contributed by atoms with Crippen molar-refractivity contribution in [2.24, 2.45) is 5.92 Å². The fraction of sp³-hybridized carbons (Fsp3) is 0.583. The van der Waals surface area contributed by atoms with Gasteiger partial charge < -0.3 is 19.7 Å². The number of carbonyl (C=O) groups excluding carboxylic acids is 2. The highest BCUT2D eigenvalue weighted by Crippen LogP contribution is 2.28. The zero-order chi connectivity index (χ0) is 23.7. The quantitative estimate of drug-likeness (QED) is 0.782. The lowest BCUT2D eigenvalue weighted by atomic mass is 9.94. The van der Waals surface area contributed by atoms with E-state index in [-0.39, 0.29) is 19.1 Å². The van der Waals surface area contributed by atoms with Gasteiger partial charge in [0, 0.05) is 18.5 Å². The molecule has 3 rings (SSSR count). The number of fused-ring (bicyclic) bond motifs is 1. The third-order valence-corrected chi connectivity index (χ3v) is 5.36. The Morgan fingerprint density at radius 1 is 1.16 bits per heavy atom. The number of aryl methyl sites for hydroxylation is 2. The van der Waals surface area contributed by atoms with E-state index in [0.717, 1.165) is 22.2 Å². The van der Waals surface area contributed by atoms with Crippen LogP contribution in [0.2, 0.25) is 0 Å². The molecule has 1 aromatic heterocycles. The number of amides is 2. The minimum absolute atomic E-state index is 0.192. The van der Waals surface area contributed by atoms with E-state index in [1.165, 1.54) is 0 Å². The second kappa shape index (κ2) is 9.02. The van der Waals surface area contributed by atoms with E-state index in [0.29, 0.717) is 19.0 Å². The van der Waals surface area contributed by atoms with Gasteiger partial charge in [-0.3, -0.25) is 4.79 Å². The van der Waals surface area contributed by atoms with Crippen LogP contribution in [0.15, 0.2) is 18.2 Å². The molecule has 0 radical (unpaired) electrons. The molecule has 8 heteroatoms. The van der Waals surface area contributed by atoms with E-state index in [1.807, 2.05) is 66.7 Å². The van der Waals surface area contributed by atoms with Crippen molar-refractivity contribution in [2.75, 3.05) is 26.3 Å². The molecule has 0 spiro atoms. The number of benzene rings is 1. The molecule has 8 nitrogen and oxygen atoms in total. The fourth-order valence-electron chi connectivity index (χ4n) is 3.81. The lowest BCUT2D eigenvalue weighted by Crippen LogP contribution is -2.49. The molecule has 1 fully saturated rings. The molecule has 2 amide bonds. The normalized spacial score (nSPS) is 17.7. The smallest absolute Gasteiger partial charge is 0.410 e. The van der Waals surface area contributed by atoms with Crippen molar-refractivity contribution in [3.8, 4) is 0 Å². The molecule has 1 unspecified atom stereocenters. The number of rotatable bonds is 3. The molecule has 1 saturated heterocycles. The van der Waals surface area contributed by atoms with Gasteiger partial charge in [0.15, 0.2) is 0 Å². The van der Waals surface area contributed by atoms with Gasteiger partial charge in [0.2, 0.25) is 5.91 Å². The van der Waals surface area contributed by atoms with Crippen LogP contribution in [-0.2, 0) is 19.8 Å². The van der Waals surface area contributed by atoms with Crippen LogP contribution >= 0.6 is 0 Å². The highest BCUT2D eigenvalue weighted by molar-refractivity contribution is 5.86. The summed E-state index contributed by atoms with van der Waals surface area (Å²) in [6.07, 6.45) is -0.437. The summed E-state index contributed by atoms with van der Waals surface area (Å²) >= 11 is 0. The standard InChI is InChI=1S/C24H34N4O4/c1-15-9-8-10-18-19(15)25-16(2)26-20(18)24(6,7)27-21(29)17-13-28(11-12-31-14-17)22(30)32-23(3,4)5/h8-10,17H,11-14H2,1-7H3,(H,27,29). The monoisotopic (exact) mass is 442 g/mol. The van der Waals surface area contributed by atoms with E-state index in [4.69, 9.17) is 9.47 Å². The highest BCUT2D eigenvalue weighted by Gasteiger charge is 2.34. The lowest BCUT2D eigenvalue weighted by molar-refractivity contribution is -0.128. The summed E-state index contributed by atoms with van der Waals surface area (Å²) in [6, 6.07) is 5.96. The Kier molecular flexibility index (Phi) is 6.74. The van der Waals surface area contributed by atoms with Crippen molar-refractivity contribution in [3.05, 3.63) is 35.3 Å². The van der Waals surface area contributed by atoms with Gasteiger partial charge in [0.1, 0.15) is 11.4 Å². The molecule has 0 saturated carbocycles. The minimum Gasteiger partial charge on any atom is -0.444 e. The number of carbonyl (C=O) groups is 2. The Morgan fingerprint density at radius 2 is 1.88 bits per heavy atom. The predicted molar refractivity (Wildman–Crippen MR) is 122 cm³/mol. The van der Waals surface area contributed by atoms with Crippen molar-refractivity contribution < 1.29 is 19.1 Å². The van der Waals surface area contributed by atoms with Crippen LogP contribution in [-0.4, -0.2) is 58.8 Å². The molecule has 0 aliphatic carbocycles. The molecule has 2 heterocycles. The molecule has 0 bridgehead atoms. The third kappa shape index (κ3) is 5.54. The first kappa shape index (κ1) is 23.9. The molecule has 32 heavy (non-hydrogen) atoms. The Labute approximate surface area is 189 Å². The van der Waals surface area contributed by atoms with Gasteiger partial charge in [-0.05, 0) is 54.0 Å². The van der Waals surface area contributed by atoms with Gasteiger partial charge in [0.05, 0.1) is 35.9 Å². The van der Waals surface area contributed by atoms with Crippen LogP contribution in [0.1, 0.15) is 51.7 Å². The number of aromatic nitrogens is 2. The molecule has 1 aliphatic heterocycles. The number of nitrogens with one attached hydrogen (secondary N) is 1. The van der Waals surface area contributed by atoms with Gasteiger partial charge in [0.25, 0.3) is 0 Å². The van der Waals surface area contributed by atoms with E-state index in [2.05, 4.69) is 15.3 Å². The fourth-order valence-corrected chi connectivity index (χ4v) is 3.81. The zero-order valence-electron chi connectivity index (χ0n) is 20.1. The highest BCUT2D eigenvalue weighted by atomic mass is 16.6. The van der Waals surface area contributed by atoms with Crippen molar-refractivity contribution in [2.45, 2.75) is 59.6 Å². The summed E-state index contributed by atoms with van der Waals surface area (Å²) in [5.41, 5.74) is 1.34. The summed E-state index contributed by atoms with van der Waals surface area (Å²) in [7, 11) is 0. The van der Waals surface area contributed by atoms with Crippen LogP contribution in [0.25, 0.3) is 10.9 Å². The Bertz CT molecular complexity index is 1010. The first-order chi connectivity index (χ1) is 14.9. The number of para-hydroxylation sites is 1. The van der Waals surface area contributed by atoms with E-state index in [9.17, 15) is 9.59 Å². The molecule has 1 N–H and O–H groups in total. The van der Waals surface area contributed by atoms with Crippen LogP contribution in [0.4, 0.5) is 4.79 Å². The summed E-state index contributed by atoms with van der Waals surface area (Å²) in [4.78, 5) is 36.6. The molecule has 174 valence electrons. The van der Waals surface area contributed by atoms with E-state index >= 15 is 0 Å². The summed E-state index contributed by atoms with van der Waals surface area (Å²) in [5.74, 6) is -0.0548. The van der Waals surface area contributed by atoms with Gasteiger partial charge in [-0.2, -0.15) is 0 Å². The second-order valence-corrected chi connectivity index (χ2v) is 9.90. The van der Waals surface area contributed by atoms with Crippen molar-refractivity contribution in [3.63, 3.8) is 0 Å². The van der Waals surface area contributed by atoms with Gasteiger partial charge >= 0.3 is 6.09 Å². The van der Waals surface area contributed by atoms with E-state index < -0.39 is 23.2 Å². The van der Waals surface area contributed by atoms with Crippen molar-refractivity contribution in [1.82, 2.24) is 20.2 Å². The Balaban J connectivity index is 1.82. The van der Waals surface area contributed by atoms with Crippen LogP contribution in [0.3, 0.4) is 0 Å². The minimum atomic E-state index is -0.750. The van der Waals surface area contributed by atoms with E-state index in [1.54, 1.807) is 4.90 Å². The molecule has 1 atom stereocenters. The Hall–Kier alpha value is -2.74. The maximum absolute atomic E-state index is 13.3. The Morgan fingerprint density at radius 3 is 2.56 bits per heavy atom.